The van der Waals surface area contributed by atoms with E-state index in [1.165, 1.54) is 154 Å². The zero-order chi connectivity index (χ0) is 56.4. The molecule has 0 rings (SSSR count). The molecule has 3 atom stereocenters. The Morgan fingerprint density at radius 1 is 0.468 bits per heavy atom. The van der Waals surface area contributed by atoms with Gasteiger partial charge in [-0.25, -0.2) is 4.57 Å². The fraction of sp³-hybridized carbons (Fsp3) is 0.791. The summed E-state index contributed by atoms with van der Waals surface area (Å²) < 4.78 is 30.7. The smallest absolute Gasteiger partial charge is 0.456 e. The number of likely N-dealkylation sites (N-methyl/N-ethyl adjacent to an activating group) is 1. The normalized spacial score (nSPS) is 14.1. The van der Waals surface area contributed by atoms with Crippen molar-refractivity contribution in [3.05, 3.63) is 72.9 Å². The van der Waals surface area contributed by atoms with Crippen LogP contribution in [0.15, 0.2) is 72.9 Å². The molecule has 0 heterocycles. The first kappa shape index (κ1) is 74.5. The Hall–Kier alpha value is -2.55. The van der Waals surface area contributed by atoms with Gasteiger partial charge in [0.05, 0.1) is 33.8 Å². The lowest BCUT2D eigenvalue weighted by Crippen LogP contribution is -2.47. The number of nitrogens with zero attached hydrogens (tertiary/aromatic N) is 1. The van der Waals surface area contributed by atoms with Gasteiger partial charge in [-0.15, -0.1) is 0 Å². The number of esters is 1. The SMILES string of the molecule is CC/C=C\C/C=C\C/C=C\C/C=C\C/C=C\CCCCCCCCCCCC(=O)OC(/C=C\CCCCCCCCCCCC)C(COP(=O)(O)OCC[N+](C)(C)C)NC(=O)CCCCCCCCCCCCCCCC. The third-order valence-electron chi connectivity index (χ3n) is 14.2. The molecule has 0 aromatic heterocycles. The number of carbonyl (C=O) groups excluding carboxylic acids is 2. The molecule has 0 saturated heterocycles. The molecule has 0 aromatic rings. The van der Waals surface area contributed by atoms with E-state index < -0.39 is 20.0 Å². The van der Waals surface area contributed by atoms with E-state index in [4.69, 9.17) is 13.8 Å². The summed E-state index contributed by atoms with van der Waals surface area (Å²) in [6.45, 7) is 6.91. The van der Waals surface area contributed by atoms with Crippen molar-refractivity contribution in [1.82, 2.24) is 5.32 Å². The minimum absolute atomic E-state index is 0.0387. The molecule has 0 spiro atoms. The molecule has 0 aromatic carbocycles. The van der Waals surface area contributed by atoms with Crippen LogP contribution in [0.3, 0.4) is 0 Å². The van der Waals surface area contributed by atoms with Gasteiger partial charge in [0.1, 0.15) is 19.3 Å². The molecular weight excluding hydrogens is 976 g/mol. The molecule has 2 N–H and O–H groups in total. The van der Waals surface area contributed by atoms with E-state index >= 15 is 0 Å². The maximum absolute atomic E-state index is 13.5. The number of quaternary nitrogens is 1. The predicted octanol–water partition coefficient (Wildman–Crippen LogP) is 20.0. The Morgan fingerprint density at radius 3 is 1.25 bits per heavy atom. The number of allylic oxidation sites excluding steroid dienone is 11. The Morgan fingerprint density at radius 2 is 0.831 bits per heavy atom. The number of hydrogen-bond donors (Lipinski definition) is 2. The monoisotopic (exact) mass is 1100 g/mol. The molecule has 1 amide bonds. The van der Waals surface area contributed by atoms with Gasteiger partial charge in [0.2, 0.25) is 5.91 Å². The van der Waals surface area contributed by atoms with Gasteiger partial charge in [0, 0.05) is 12.8 Å². The van der Waals surface area contributed by atoms with Crippen LogP contribution in [-0.2, 0) is 27.9 Å². The van der Waals surface area contributed by atoms with Gasteiger partial charge < -0.3 is 19.4 Å². The van der Waals surface area contributed by atoms with Crippen LogP contribution in [0.5, 0.6) is 0 Å². The summed E-state index contributed by atoms with van der Waals surface area (Å²) in [5.41, 5.74) is 0. The Balaban J connectivity index is 5.14. The molecule has 3 unspecified atom stereocenters. The molecule has 0 bridgehead atoms. The second kappa shape index (κ2) is 56.7. The van der Waals surface area contributed by atoms with Gasteiger partial charge in [-0.3, -0.25) is 18.6 Å². The summed E-state index contributed by atoms with van der Waals surface area (Å²) in [6.07, 6.45) is 73.2. The second-order valence-corrected chi connectivity index (χ2v) is 24.4. The zero-order valence-electron chi connectivity index (χ0n) is 51.2. The van der Waals surface area contributed by atoms with Crippen LogP contribution >= 0.6 is 7.82 Å². The van der Waals surface area contributed by atoms with Gasteiger partial charge in [-0.1, -0.05) is 274 Å². The van der Waals surface area contributed by atoms with E-state index in [0.717, 1.165) is 103 Å². The first-order valence-corrected chi connectivity index (χ1v) is 33.8. The highest BCUT2D eigenvalue weighted by Crippen LogP contribution is 2.43. The van der Waals surface area contributed by atoms with Crippen LogP contribution in [-0.4, -0.2) is 74.3 Å². The van der Waals surface area contributed by atoms with Crippen LogP contribution in [0.2, 0.25) is 0 Å². The number of hydrogen-bond acceptors (Lipinski definition) is 6. The standard InChI is InChI=1S/C67H123N2O7P/c1-7-10-13-16-19-22-25-28-30-31-32-33-34-35-36-37-38-39-40-42-45-48-51-54-57-60-67(71)76-65(58-55-52-49-46-43-27-24-21-18-15-12-9-3)64(63-75-77(72,73)74-62-61-69(4,5)6)68-66(70)59-56-53-50-47-44-41-29-26-23-20-17-14-11-8-2/h10,13,19,22,28,30,32-33,35-36,55,58,64-65H,7-9,11-12,14-18,20-21,23-27,29,31,34,37-54,56-57,59-63H2,1-6H3,(H-,68,70,72,73)/p+1/b13-10-,22-19-,30-28-,33-32-,36-35-,58-55-. The number of nitrogens with one attached hydrogen (secondary N) is 1. The Kier molecular flexibility index (Phi) is 54.8. The topological polar surface area (TPSA) is 111 Å². The Labute approximate surface area is 476 Å². The Bertz CT molecular complexity index is 1550. The van der Waals surface area contributed by atoms with Crippen molar-refractivity contribution >= 4 is 19.7 Å². The van der Waals surface area contributed by atoms with Crippen LogP contribution < -0.4 is 5.32 Å². The first-order valence-electron chi connectivity index (χ1n) is 32.3. The largest absolute Gasteiger partial charge is 0.472 e. The highest BCUT2D eigenvalue weighted by Gasteiger charge is 2.30. The van der Waals surface area contributed by atoms with Crippen LogP contribution in [0.4, 0.5) is 0 Å². The average molecular weight is 1100 g/mol. The van der Waals surface area contributed by atoms with Crippen LogP contribution in [0.1, 0.15) is 290 Å². The molecule has 0 fully saturated rings. The lowest BCUT2D eigenvalue weighted by molar-refractivity contribution is -0.870. The highest BCUT2D eigenvalue weighted by molar-refractivity contribution is 7.47. The van der Waals surface area contributed by atoms with Gasteiger partial charge in [0.25, 0.3) is 0 Å². The average Bonchev–Trinajstić information content (AvgIpc) is 3.39. The van der Waals surface area contributed by atoms with E-state index in [1.807, 2.05) is 33.3 Å². The van der Waals surface area contributed by atoms with Crippen molar-refractivity contribution < 1.29 is 37.3 Å². The maximum Gasteiger partial charge on any atom is 0.472 e. The van der Waals surface area contributed by atoms with E-state index in [9.17, 15) is 19.0 Å². The second-order valence-electron chi connectivity index (χ2n) is 22.9. The van der Waals surface area contributed by atoms with Crippen molar-refractivity contribution in [1.29, 1.82) is 0 Å². The van der Waals surface area contributed by atoms with E-state index in [-0.39, 0.29) is 31.5 Å². The van der Waals surface area contributed by atoms with Crippen molar-refractivity contribution in [2.75, 3.05) is 40.9 Å². The lowest BCUT2D eigenvalue weighted by Gasteiger charge is -2.27. The van der Waals surface area contributed by atoms with Crippen molar-refractivity contribution in [2.45, 2.75) is 303 Å². The number of phosphoric ester groups is 1. The fourth-order valence-corrected chi connectivity index (χ4v) is 9.94. The minimum Gasteiger partial charge on any atom is -0.456 e. The third-order valence-corrected chi connectivity index (χ3v) is 15.1. The van der Waals surface area contributed by atoms with E-state index in [0.29, 0.717) is 17.4 Å². The molecule has 0 aliphatic carbocycles. The predicted molar refractivity (Wildman–Crippen MR) is 332 cm³/mol. The summed E-state index contributed by atoms with van der Waals surface area (Å²) >= 11 is 0. The van der Waals surface area contributed by atoms with Gasteiger partial charge in [-0.2, -0.15) is 0 Å². The third kappa shape index (κ3) is 57.9. The molecule has 10 heteroatoms. The number of rotatable bonds is 58. The van der Waals surface area contributed by atoms with Gasteiger partial charge >= 0.3 is 13.8 Å². The number of carbonyl (C=O) groups is 2. The fourth-order valence-electron chi connectivity index (χ4n) is 9.20. The van der Waals surface area contributed by atoms with Crippen molar-refractivity contribution in [3.63, 3.8) is 0 Å². The molecule has 448 valence electrons. The molecule has 9 nitrogen and oxygen atoms in total. The summed E-state index contributed by atoms with van der Waals surface area (Å²) in [5.74, 6) is -0.505. The van der Waals surface area contributed by atoms with E-state index in [2.05, 4.69) is 86.8 Å². The zero-order valence-corrected chi connectivity index (χ0v) is 52.1. The molecule has 0 aliphatic rings. The van der Waals surface area contributed by atoms with Crippen LogP contribution in [0.25, 0.3) is 0 Å². The van der Waals surface area contributed by atoms with Crippen molar-refractivity contribution in [2.24, 2.45) is 0 Å². The van der Waals surface area contributed by atoms with Gasteiger partial charge in [-0.05, 0) is 76.7 Å². The molecule has 0 saturated carbocycles. The van der Waals surface area contributed by atoms with Crippen LogP contribution in [0, 0.1) is 0 Å². The van der Waals surface area contributed by atoms with Gasteiger partial charge in [0.15, 0.2) is 0 Å². The van der Waals surface area contributed by atoms with E-state index in [1.54, 1.807) is 0 Å². The maximum atomic E-state index is 13.5. The lowest BCUT2D eigenvalue weighted by atomic mass is 10.0. The summed E-state index contributed by atoms with van der Waals surface area (Å²) in [4.78, 5) is 37.7. The summed E-state index contributed by atoms with van der Waals surface area (Å²) in [7, 11) is 1.49. The molecule has 0 aliphatic heterocycles. The van der Waals surface area contributed by atoms with Crippen molar-refractivity contribution in [3.8, 4) is 0 Å². The summed E-state index contributed by atoms with van der Waals surface area (Å²) in [6, 6.07) is -0.850. The number of phosphoric acid groups is 1. The minimum atomic E-state index is -4.45. The quantitative estimate of drug-likeness (QED) is 0.0205. The number of amides is 1. The number of unbranched alkanes of at least 4 members (excludes halogenated alkanes) is 32. The molecule has 0 radical (unpaired) electrons. The molecule has 77 heavy (non-hydrogen) atoms. The summed E-state index contributed by atoms with van der Waals surface area (Å²) in [5, 5.41) is 3.06. The highest BCUT2D eigenvalue weighted by atomic mass is 31.2. The number of ether oxygens (including phenoxy) is 1. The first-order chi connectivity index (χ1) is 37.4. The molecular formula is C67H124N2O7P+.